The summed E-state index contributed by atoms with van der Waals surface area (Å²) in [5.41, 5.74) is 0.405. The van der Waals surface area contributed by atoms with Gasteiger partial charge in [0.2, 0.25) is 0 Å². The van der Waals surface area contributed by atoms with Crippen LogP contribution in [0.4, 0.5) is 13.2 Å². The molecule has 28 heavy (non-hydrogen) atoms. The van der Waals surface area contributed by atoms with Gasteiger partial charge in [0.25, 0.3) is 0 Å². The van der Waals surface area contributed by atoms with Crippen LogP contribution in [0.25, 0.3) is 0 Å². The van der Waals surface area contributed by atoms with E-state index in [1.165, 1.54) is 12.1 Å². The van der Waals surface area contributed by atoms with E-state index >= 15 is 0 Å². The highest BCUT2D eigenvalue weighted by Gasteiger charge is 2.36. The summed E-state index contributed by atoms with van der Waals surface area (Å²) >= 11 is 0. The number of rotatable bonds is 6. The molecule has 0 aliphatic heterocycles. The van der Waals surface area contributed by atoms with Crippen molar-refractivity contribution < 1.29 is 27.8 Å². The molecular weight excluding hydrogens is 369 g/mol. The van der Waals surface area contributed by atoms with Crippen LogP contribution in [-0.4, -0.2) is 11.1 Å². The van der Waals surface area contributed by atoms with E-state index in [4.69, 9.17) is 9.84 Å². The summed E-state index contributed by atoms with van der Waals surface area (Å²) in [6, 6.07) is 20.3. The highest BCUT2D eigenvalue weighted by Crippen LogP contribution is 2.38. The van der Waals surface area contributed by atoms with Crippen molar-refractivity contribution in [1.29, 1.82) is 0 Å². The molecule has 3 aromatic rings. The maximum atomic E-state index is 13.5. The molecule has 6 heteroatoms. The summed E-state index contributed by atoms with van der Waals surface area (Å²) in [6.45, 7) is 0. The van der Waals surface area contributed by atoms with Gasteiger partial charge in [0.1, 0.15) is 11.9 Å². The first-order valence-corrected chi connectivity index (χ1v) is 8.53. The SMILES string of the molecule is O=C(O)Cc1ccc(OC(c2ccccc2)c2ccccc2C(F)(F)F)cc1. The maximum absolute atomic E-state index is 13.5. The van der Waals surface area contributed by atoms with Crippen molar-refractivity contribution in [3.05, 3.63) is 101 Å². The smallest absolute Gasteiger partial charge is 0.416 e. The van der Waals surface area contributed by atoms with Crippen LogP contribution in [0.2, 0.25) is 0 Å². The lowest BCUT2D eigenvalue weighted by atomic mass is 9.96. The van der Waals surface area contributed by atoms with Gasteiger partial charge in [-0.1, -0.05) is 60.7 Å². The van der Waals surface area contributed by atoms with E-state index in [0.29, 0.717) is 16.9 Å². The average Bonchev–Trinajstić information content (AvgIpc) is 2.67. The molecule has 0 spiro atoms. The fraction of sp³-hybridized carbons (Fsp3) is 0.136. The van der Waals surface area contributed by atoms with E-state index in [1.807, 2.05) is 0 Å². The van der Waals surface area contributed by atoms with Crippen LogP contribution < -0.4 is 4.74 Å². The number of carbonyl (C=O) groups is 1. The molecule has 1 unspecified atom stereocenters. The lowest BCUT2D eigenvalue weighted by Gasteiger charge is -2.23. The zero-order chi connectivity index (χ0) is 20.1. The van der Waals surface area contributed by atoms with Crippen LogP contribution in [0.3, 0.4) is 0 Å². The van der Waals surface area contributed by atoms with Crippen LogP contribution >= 0.6 is 0 Å². The Balaban J connectivity index is 1.99. The molecule has 0 aromatic heterocycles. The first-order valence-electron chi connectivity index (χ1n) is 8.53. The Morgan fingerprint density at radius 3 is 2.11 bits per heavy atom. The second-order valence-electron chi connectivity index (χ2n) is 6.21. The number of benzene rings is 3. The number of carboxylic acid groups (broad SMARTS) is 1. The van der Waals surface area contributed by atoms with Gasteiger partial charge in [-0.2, -0.15) is 13.2 Å². The molecule has 3 aromatic carbocycles. The Labute approximate surface area is 160 Å². The molecule has 0 saturated carbocycles. The van der Waals surface area contributed by atoms with Gasteiger partial charge in [-0.15, -0.1) is 0 Å². The number of hydrogen-bond acceptors (Lipinski definition) is 2. The summed E-state index contributed by atoms with van der Waals surface area (Å²) < 4.78 is 46.5. The van der Waals surface area contributed by atoms with Gasteiger partial charge in [0, 0.05) is 5.56 Å². The van der Waals surface area contributed by atoms with E-state index in [-0.39, 0.29) is 12.0 Å². The number of halogens is 3. The van der Waals surface area contributed by atoms with Crippen LogP contribution in [0, 0.1) is 0 Å². The van der Waals surface area contributed by atoms with E-state index in [2.05, 4.69) is 0 Å². The fourth-order valence-electron chi connectivity index (χ4n) is 2.92. The maximum Gasteiger partial charge on any atom is 0.416 e. The summed E-state index contributed by atoms with van der Waals surface area (Å²) in [5.74, 6) is -0.616. The zero-order valence-electron chi connectivity index (χ0n) is 14.7. The standard InChI is InChI=1S/C22H17F3O3/c23-22(24,25)19-9-5-4-8-18(19)21(16-6-2-1-3-7-16)28-17-12-10-15(11-13-17)14-20(26)27/h1-13,21H,14H2,(H,26,27). The van der Waals surface area contributed by atoms with Gasteiger partial charge in [-0.25, -0.2) is 0 Å². The molecule has 0 radical (unpaired) electrons. The Kier molecular flexibility index (Phi) is 5.68. The number of hydrogen-bond donors (Lipinski definition) is 1. The van der Waals surface area contributed by atoms with Crippen LogP contribution in [0.5, 0.6) is 5.75 Å². The molecular formula is C22H17F3O3. The third-order valence-corrected chi connectivity index (χ3v) is 4.18. The predicted octanol–water partition coefficient (Wildman–Crippen LogP) is 5.50. The van der Waals surface area contributed by atoms with Crippen molar-refractivity contribution >= 4 is 5.97 Å². The number of ether oxygens (including phenoxy) is 1. The Hall–Kier alpha value is -3.28. The molecule has 1 atom stereocenters. The molecule has 1 N–H and O–H groups in total. The fourth-order valence-corrected chi connectivity index (χ4v) is 2.92. The second-order valence-corrected chi connectivity index (χ2v) is 6.21. The minimum absolute atomic E-state index is 0.0100. The van der Waals surface area contributed by atoms with E-state index in [9.17, 15) is 18.0 Å². The Morgan fingerprint density at radius 1 is 0.893 bits per heavy atom. The van der Waals surface area contributed by atoms with Gasteiger partial charge >= 0.3 is 12.1 Å². The monoisotopic (exact) mass is 386 g/mol. The quantitative estimate of drug-likeness (QED) is 0.608. The van der Waals surface area contributed by atoms with Crippen LogP contribution in [0.1, 0.15) is 28.4 Å². The molecule has 0 fully saturated rings. The topological polar surface area (TPSA) is 46.5 Å². The van der Waals surface area contributed by atoms with Crippen molar-refractivity contribution in [2.75, 3.05) is 0 Å². The molecule has 3 nitrogen and oxygen atoms in total. The van der Waals surface area contributed by atoms with E-state index in [0.717, 1.165) is 6.07 Å². The number of alkyl halides is 3. The summed E-state index contributed by atoms with van der Waals surface area (Å²) in [4.78, 5) is 10.8. The first-order chi connectivity index (χ1) is 13.3. The summed E-state index contributed by atoms with van der Waals surface area (Å²) in [6.07, 6.45) is -5.62. The molecule has 0 saturated heterocycles. The van der Waals surface area contributed by atoms with E-state index in [1.54, 1.807) is 60.7 Å². The zero-order valence-corrected chi connectivity index (χ0v) is 14.7. The highest BCUT2D eigenvalue weighted by atomic mass is 19.4. The third-order valence-electron chi connectivity index (χ3n) is 4.18. The largest absolute Gasteiger partial charge is 0.481 e. The molecule has 0 aliphatic rings. The van der Waals surface area contributed by atoms with Gasteiger partial charge in [-0.05, 0) is 29.3 Å². The van der Waals surface area contributed by atoms with E-state index < -0.39 is 23.8 Å². The molecule has 3 rings (SSSR count). The Morgan fingerprint density at radius 2 is 1.50 bits per heavy atom. The van der Waals surface area contributed by atoms with Crippen molar-refractivity contribution in [1.82, 2.24) is 0 Å². The molecule has 0 aliphatic carbocycles. The third kappa shape index (κ3) is 4.71. The summed E-state index contributed by atoms with van der Waals surface area (Å²) in [7, 11) is 0. The Bertz CT molecular complexity index is 935. The van der Waals surface area contributed by atoms with Crippen LogP contribution in [0.15, 0.2) is 78.9 Å². The average molecular weight is 386 g/mol. The van der Waals surface area contributed by atoms with Crippen LogP contribution in [-0.2, 0) is 17.4 Å². The first kappa shape index (κ1) is 19.5. The van der Waals surface area contributed by atoms with Gasteiger partial charge < -0.3 is 9.84 Å². The lowest BCUT2D eigenvalue weighted by molar-refractivity contribution is -0.139. The molecule has 0 heterocycles. The van der Waals surface area contributed by atoms with Crippen molar-refractivity contribution in [2.45, 2.75) is 18.7 Å². The van der Waals surface area contributed by atoms with Crippen molar-refractivity contribution in [3.8, 4) is 5.75 Å². The molecule has 0 amide bonds. The summed E-state index contributed by atoms with van der Waals surface area (Å²) in [5, 5.41) is 8.85. The van der Waals surface area contributed by atoms with Gasteiger partial charge in [-0.3, -0.25) is 4.79 Å². The normalized spacial score (nSPS) is 12.4. The molecule has 0 bridgehead atoms. The molecule has 144 valence electrons. The minimum atomic E-state index is -4.52. The minimum Gasteiger partial charge on any atom is -0.481 e. The van der Waals surface area contributed by atoms with Gasteiger partial charge in [0.15, 0.2) is 0 Å². The highest BCUT2D eigenvalue weighted by molar-refractivity contribution is 5.70. The van der Waals surface area contributed by atoms with Crippen molar-refractivity contribution in [3.63, 3.8) is 0 Å². The predicted molar refractivity (Wildman–Crippen MR) is 98.1 cm³/mol. The van der Waals surface area contributed by atoms with Gasteiger partial charge in [0.05, 0.1) is 12.0 Å². The van der Waals surface area contributed by atoms with Crippen molar-refractivity contribution in [2.24, 2.45) is 0 Å². The second kappa shape index (κ2) is 8.17. The number of carboxylic acids is 1. The number of aliphatic carboxylic acids is 1. The lowest BCUT2D eigenvalue weighted by Crippen LogP contribution is -2.16.